The van der Waals surface area contributed by atoms with Crippen LogP contribution in [0.5, 0.6) is 0 Å². The standard InChI is InChI=1S/C43H28N2/c1-2-14-31(15-3-1)40-28-34-17-7-9-22-39(34)43-41(35-25-24-29-12-4-5-16-32(29)26-35)42(44-45(40)43)36-20-10-19-33(27-36)38-23-11-18-30-13-6-8-21-37(30)38/h1-28H. The molecule has 0 spiro atoms. The number of benzene rings is 7. The number of rotatable bonds is 4. The van der Waals surface area contributed by atoms with Crippen molar-refractivity contribution in [2.75, 3.05) is 0 Å². The number of pyridine rings is 1. The quantitative estimate of drug-likeness (QED) is 0.205. The Balaban J connectivity index is 1.38. The molecule has 0 aliphatic heterocycles. The van der Waals surface area contributed by atoms with Crippen molar-refractivity contribution in [3.63, 3.8) is 0 Å². The molecule has 0 saturated heterocycles. The molecule has 0 saturated carbocycles. The molecule has 0 N–H and O–H groups in total. The van der Waals surface area contributed by atoms with E-state index in [0.29, 0.717) is 0 Å². The molecule has 0 aliphatic carbocycles. The molecular formula is C43H28N2. The second kappa shape index (κ2) is 10.3. The van der Waals surface area contributed by atoms with Crippen LogP contribution in [0.3, 0.4) is 0 Å². The molecule has 0 amide bonds. The maximum Gasteiger partial charge on any atom is 0.101 e. The SMILES string of the molecule is c1ccc(-c2cc3ccccc3c3c(-c4ccc5ccccc5c4)c(-c4cccc(-c5cccc6ccccc56)c4)nn23)cc1. The molecule has 0 aliphatic rings. The molecule has 2 heteroatoms. The zero-order valence-electron chi connectivity index (χ0n) is 24.6. The highest BCUT2D eigenvalue weighted by atomic mass is 15.2. The molecule has 0 bridgehead atoms. The van der Waals surface area contributed by atoms with Gasteiger partial charge in [0, 0.05) is 22.1 Å². The Morgan fingerprint density at radius 3 is 1.89 bits per heavy atom. The fourth-order valence-corrected chi connectivity index (χ4v) is 6.83. The number of hydrogen-bond acceptors (Lipinski definition) is 1. The van der Waals surface area contributed by atoms with Gasteiger partial charge in [-0.05, 0) is 61.8 Å². The minimum absolute atomic E-state index is 0.973. The van der Waals surface area contributed by atoms with Crippen molar-refractivity contribution in [3.8, 4) is 44.8 Å². The summed E-state index contributed by atoms with van der Waals surface area (Å²) in [5, 5.41) is 12.8. The highest BCUT2D eigenvalue weighted by Gasteiger charge is 2.22. The van der Waals surface area contributed by atoms with E-state index in [1.54, 1.807) is 0 Å². The molecule has 0 fully saturated rings. The van der Waals surface area contributed by atoms with Crippen LogP contribution < -0.4 is 0 Å². The van der Waals surface area contributed by atoms with E-state index in [0.717, 1.165) is 39.2 Å². The molecule has 9 rings (SSSR count). The summed E-state index contributed by atoms with van der Waals surface area (Å²) < 4.78 is 2.17. The van der Waals surface area contributed by atoms with Gasteiger partial charge in [0.1, 0.15) is 5.69 Å². The molecule has 45 heavy (non-hydrogen) atoms. The van der Waals surface area contributed by atoms with E-state index in [4.69, 9.17) is 5.10 Å². The molecule has 2 aromatic heterocycles. The first kappa shape index (κ1) is 25.5. The zero-order chi connectivity index (χ0) is 29.7. The van der Waals surface area contributed by atoms with E-state index in [-0.39, 0.29) is 0 Å². The third-order valence-electron chi connectivity index (χ3n) is 8.97. The second-order valence-electron chi connectivity index (χ2n) is 11.6. The summed E-state index contributed by atoms with van der Waals surface area (Å²) in [6, 6.07) is 60.9. The Kier molecular flexibility index (Phi) is 5.85. The van der Waals surface area contributed by atoms with Gasteiger partial charge in [-0.1, -0.05) is 152 Å². The predicted octanol–water partition coefficient (Wildman–Crippen LogP) is 11.5. The second-order valence-corrected chi connectivity index (χ2v) is 11.6. The summed E-state index contributed by atoms with van der Waals surface area (Å²) >= 11 is 0. The van der Waals surface area contributed by atoms with Crippen molar-refractivity contribution >= 4 is 37.8 Å². The maximum atomic E-state index is 5.48. The van der Waals surface area contributed by atoms with Crippen LogP contribution in [0.4, 0.5) is 0 Å². The van der Waals surface area contributed by atoms with Gasteiger partial charge < -0.3 is 0 Å². The minimum atomic E-state index is 0.973. The summed E-state index contributed by atoms with van der Waals surface area (Å²) in [5.41, 5.74) is 10.1. The number of aromatic nitrogens is 2. The van der Waals surface area contributed by atoms with Crippen molar-refractivity contribution in [2.45, 2.75) is 0 Å². The fraction of sp³-hybridized carbons (Fsp3) is 0. The first-order valence-corrected chi connectivity index (χ1v) is 15.4. The van der Waals surface area contributed by atoms with Gasteiger partial charge in [0.15, 0.2) is 0 Å². The molecule has 7 aromatic carbocycles. The van der Waals surface area contributed by atoms with E-state index >= 15 is 0 Å². The van der Waals surface area contributed by atoms with E-state index in [9.17, 15) is 0 Å². The number of nitrogens with zero attached hydrogens (tertiary/aromatic N) is 2. The monoisotopic (exact) mass is 572 g/mol. The lowest BCUT2D eigenvalue weighted by Gasteiger charge is -2.11. The molecule has 210 valence electrons. The van der Waals surface area contributed by atoms with Crippen molar-refractivity contribution in [3.05, 3.63) is 170 Å². The van der Waals surface area contributed by atoms with Crippen LogP contribution in [0.15, 0.2) is 170 Å². The first-order chi connectivity index (χ1) is 22.3. The van der Waals surface area contributed by atoms with Crippen molar-refractivity contribution in [2.24, 2.45) is 0 Å². The molecule has 0 atom stereocenters. The van der Waals surface area contributed by atoms with Gasteiger partial charge in [0.05, 0.1) is 11.2 Å². The third kappa shape index (κ3) is 4.22. The highest BCUT2D eigenvalue weighted by molar-refractivity contribution is 6.09. The summed E-state index contributed by atoms with van der Waals surface area (Å²) in [5.74, 6) is 0. The Hall–Kier alpha value is -5.99. The van der Waals surface area contributed by atoms with Gasteiger partial charge >= 0.3 is 0 Å². The predicted molar refractivity (Wildman–Crippen MR) is 189 cm³/mol. The smallest absolute Gasteiger partial charge is 0.101 e. The lowest BCUT2D eigenvalue weighted by molar-refractivity contribution is 0.979. The van der Waals surface area contributed by atoms with Crippen LogP contribution in [0.25, 0.3) is 82.6 Å². The lowest BCUT2D eigenvalue weighted by Crippen LogP contribution is -1.95. The molecular weight excluding hydrogens is 544 g/mol. The molecule has 9 aromatic rings. The first-order valence-electron chi connectivity index (χ1n) is 15.4. The van der Waals surface area contributed by atoms with Gasteiger partial charge in [0.25, 0.3) is 0 Å². The van der Waals surface area contributed by atoms with Crippen LogP contribution >= 0.6 is 0 Å². The van der Waals surface area contributed by atoms with Crippen molar-refractivity contribution in [1.82, 2.24) is 9.61 Å². The van der Waals surface area contributed by atoms with Gasteiger partial charge in [-0.3, -0.25) is 0 Å². The van der Waals surface area contributed by atoms with E-state index in [1.807, 2.05) is 0 Å². The Bertz CT molecular complexity index is 2530. The summed E-state index contributed by atoms with van der Waals surface area (Å²) in [7, 11) is 0. The van der Waals surface area contributed by atoms with Gasteiger partial charge in [-0.25, -0.2) is 4.52 Å². The van der Waals surface area contributed by atoms with Crippen LogP contribution in [-0.4, -0.2) is 9.61 Å². The Morgan fingerprint density at radius 2 is 1.02 bits per heavy atom. The average molecular weight is 573 g/mol. The van der Waals surface area contributed by atoms with Crippen LogP contribution in [0.2, 0.25) is 0 Å². The fourth-order valence-electron chi connectivity index (χ4n) is 6.83. The normalized spacial score (nSPS) is 11.6. The maximum absolute atomic E-state index is 5.48. The van der Waals surface area contributed by atoms with E-state index in [1.165, 1.54) is 43.4 Å². The number of fused-ring (bicyclic) bond motifs is 5. The molecule has 0 radical (unpaired) electrons. The Labute approximate surface area is 261 Å². The summed E-state index contributed by atoms with van der Waals surface area (Å²) in [6.45, 7) is 0. The Morgan fingerprint density at radius 1 is 0.378 bits per heavy atom. The minimum Gasteiger partial charge on any atom is -0.231 e. The van der Waals surface area contributed by atoms with Crippen molar-refractivity contribution in [1.29, 1.82) is 0 Å². The highest BCUT2D eigenvalue weighted by Crippen LogP contribution is 2.42. The van der Waals surface area contributed by atoms with E-state index in [2.05, 4.69) is 174 Å². The van der Waals surface area contributed by atoms with Gasteiger partial charge in [-0.15, -0.1) is 0 Å². The molecule has 2 heterocycles. The zero-order valence-corrected chi connectivity index (χ0v) is 24.6. The summed E-state index contributed by atoms with van der Waals surface area (Å²) in [4.78, 5) is 0. The molecule has 0 unspecified atom stereocenters. The molecule has 2 nitrogen and oxygen atoms in total. The lowest BCUT2D eigenvalue weighted by atomic mass is 9.93. The third-order valence-corrected chi connectivity index (χ3v) is 8.97. The van der Waals surface area contributed by atoms with E-state index < -0.39 is 0 Å². The average Bonchev–Trinajstić information content (AvgIpc) is 3.52. The van der Waals surface area contributed by atoms with Crippen LogP contribution in [-0.2, 0) is 0 Å². The topological polar surface area (TPSA) is 17.3 Å². The van der Waals surface area contributed by atoms with Crippen LogP contribution in [0.1, 0.15) is 0 Å². The number of hydrogen-bond donors (Lipinski definition) is 0. The summed E-state index contributed by atoms with van der Waals surface area (Å²) in [6.07, 6.45) is 0. The van der Waals surface area contributed by atoms with Gasteiger partial charge in [-0.2, -0.15) is 5.10 Å². The van der Waals surface area contributed by atoms with Crippen molar-refractivity contribution < 1.29 is 0 Å². The van der Waals surface area contributed by atoms with Gasteiger partial charge in [0.2, 0.25) is 0 Å². The van der Waals surface area contributed by atoms with Crippen LogP contribution in [0, 0.1) is 0 Å². The largest absolute Gasteiger partial charge is 0.231 e.